The van der Waals surface area contributed by atoms with Crippen LogP contribution in [0.5, 0.6) is 0 Å². The Balaban J connectivity index is 1.35. The Morgan fingerprint density at radius 3 is 1.90 bits per heavy atom. The van der Waals surface area contributed by atoms with Crippen LogP contribution in [0.1, 0.15) is 12.3 Å². The lowest BCUT2D eigenvalue weighted by molar-refractivity contribution is 1.18. The van der Waals surface area contributed by atoms with Crippen molar-refractivity contribution < 1.29 is 12.3 Å². The first-order chi connectivity index (χ1) is 27.6. The summed E-state index contributed by atoms with van der Waals surface area (Å²) in [5.41, 5.74) is 4.04. The van der Waals surface area contributed by atoms with Crippen LogP contribution in [0.3, 0.4) is 0 Å². The van der Waals surface area contributed by atoms with Gasteiger partial charge < -0.3 is 9.47 Å². The van der Waals surface area contributed by atoms with Crippen LogP contribution < -0.4 is 4.90 Å². The molecule has 2 nitrogen and oxygen atoms in total. The summed E-state index contributed by atoms with van der Waals surface area (Å²) in [6.45, 7) is 0. The Morgan fingerprint density at radius 1 is 0.438 bits per heavy atom. The Bertz CT molecular complexity index is 3350. The van der Waals surface area contributed by atoms with Gasteiger partial charge >= 0.3 is 0 Å². The number of benzene rings is 9. The van der Waals surface area contributed by atoms with Crippen molar-refractivity contribution in [2.24, 2.45) is 0 Å². The summed E-state index contributed by atoms with van der Waals surface area (Å²) in [5, 5.41) is 5.93. The van der Waals surface area contributed by atoms with Crippen LogP contribution in [-0.2, 0) is 0 Å². The molecule has 0 bridgehead atoms. The Labute approximate surface area is 291 Å². The Kier molecular flexibility index (Phi) is 4.26. The van der Waals surface area contributed by atoms with Crippen molar-refractivity contribution in [2.45, 2.75) is 0 Å². The number of hydrogen-bond acceptors (Lipinski definition) is 1. The number of aromatic nitrogens is 1. The van der Waals surface area contributed by atoms with E-state index >= 15 is 0 Å². The highest BCUT2D eigenvalue weighted by Gasteiger charge is 2.21. The Morgan fingerprint density at radius 2 is 1.08 bits per heavy atom. The third-order valence-corrected chi connectivity index (χ3v) is 9.18. The van der Waals surface area contributed by atoms with Gasteiger partial charge in [0.2, 0.25) is 0 Å². The molecule has 0 saturated heterocycles. The van der Waals surface area contributed by atoms with Crippen molar-refractivity contribution in [3.63, 3.8) is 0 Å². The number of fused-ring (bicyclic) bond motifs is 11. The smallest absolute Gasteiger partial charge is 0.0651 e. The van der Waals surface area contributed by atoms with E-state index in [2.05, 4.69) is 65.2 Å². The summed E-state index contributed by atoms with van der Waals surface area (Å²) in [7, 11) is 0. The summed E-state index contributed by atoms with van der Waals surface area (Å²) in [4.78, 5) is 1.73. The minimum absolute atomic E-state index is 0.00408. The number of rotatable bonds is 4. The topological polar surface area (TPSA) is 8.17 Å². The molecule has 0 saturated carbocycles. The maximum atomic E-state index is 9.70. The lowest BCUT2D eigenvalue weighted by Gasteiger charge is -2.26. The SMILES string of the molecule is [2H]c1c([2H])c([2H])c2c(c1[2H])c([2H])c([2H])c1c([2H])c(N(c3ccccc3)c3ccc4c5c6ccccc6c6ccccc6c5n(-c5ccccc5)c4c3)c([2H])c([2H])c12. The minimum Gasteiger partial charge on any atom is -0.310 e. The molecule has 0 radical (unpaired) electrons. The molecule has 1 aromatic heterocycles. The monoisotopic (exact) mass is 619 g/mol. The van der Waals surface area contributed by atoms with Gasteiger partial charge in [0, 0.05) is 38.9 Å². The first-order valence-electron chi connectivity index (χ1n) is 20.3. The van der Waals surface area contributed by atoms with E-state index in [0.29, 0.717) is 11.4 Å². The number of anilines is 3. The molecule has 0 fully saturated rings. The highest BCUT2D eigenvalue weighted by atomic mass is 15.1. The van der Waals surface area contributed by atoms with Gasteiger partial charge in [0.15, 0.2) is 0 Å². The van der Waals surface area contributed by atoms with E-state index in [1.165, 1.54) is 0 Å². The largest absolute Gasteiger partial charge is 0.310 e. The number of nitrogens with zero attached hydrogens (tertiary/aromatic N) is 2. The average molecular weight is 620 g/mol. The lowest BCUT2D eigenvalue weighted by atomic mass is 9.96. The van der Waals surface area contributed by atoms with Crippen LogP contribution in [0.2, 0.25) is 0 Å². The van der Waals surface area contributed by atoms with Crippen LogP contribution in [0.15, 0.2) is 182 Å². The van der Waals surface area contributed by atoms with Crippen LogP contribution in [0, 0.1) is 0 Å². The van der Waals surface area contributed by atoms with E-state index in [4.69, 9.17) is 8.22 Å². The molecule has 2 heteroatoms. The van der Waals surface area contributed by atoms with Crippen molar-refractivity contribution in [1.82, 2.24) is 4.57 Å². The van der Waals surface area contributed by atoms with E-state index in [1.54, 1.807) is 4.90 Å². The van der Waals surface area contributed by atoms with Gasteiger partial charge in [0.05, 0.1) is 23.4 Å². The molecule has 10 aromatic rings. The van der Waals surface area contributed by atoms with Crippen LogP contribution in [-0.4, -0.2) is 4.57 Å². The third kappa shape index (κ3) is 4.00. The van der Waals surface area contributed by atoms with Crippen LogP contribution in [0.25, 0.3) is 70.6 Å². The molecule has 0 aliphatic heterocycles. The first-order valence-corrected chi connectivity index (χ1v) is 15.8. The molecule has 0 aliphatic rings. The standard InChI is InChI=1S/C46H30N2/c1-3-14-33(15-4-1)47(35-25-27-38-32(29-35)24-23-31-13-7-8-18-37(31)38)36-26-28-43-44(30-36)48(34-16-5-2-6-17-34)46-42-22-12-10-20-40(42)39-19-9-11-21-41(39)45(43)46/h1-30H/i7D,8D,13D,18D,23D,24D,25D,27D,29D. The van der Waals surface area contributed by atoms with E-state index in [1.807, 2.05) is 66.7 Å². The van der Waals surface area contributed by atoms with E-state index in [9.17, 15) is 4.11 Å². The van der Waals surface area contributed by atoms with E-state index in [-0.39, 0.29) is 39.3 Å². The predicted molar refractivity (Wildman–Crippen MR) is 205 cm³/mol. The van der Waals surface area contributed by atoms with Gasteiger partial charge in [-0.15, -0.1) is 0 Å². The second-order valence-electron chi connectivity index (χ2n) is 11.8. The molecule has 0 spiro atoms. The maximum absolute atomic E-state index is 9.70. The zero-order valence-corrected chi connectivity index (χ0v) is 25.5. The Hall–Kier alpha value is -6.38. The fraction of sp³-hybridized carbons (Fsp3) is 0. The van der Waals surface area contributed by atoms with Gasteiger partial charge in [-0.3, -0.25) is 0 Å². The molecule has 1 heterocycles. The zero-order valence-electron chi connectivity index (χ0n) is 34.5. The number of hydrogen-bond donors (Lipinski definition) is 0. The molecule has 0 N–H and O–H groups in total. The van der Waals surface area contributed by atoms with Crippen molar-refractivity contribution >= 4 is 82.0 Å². The predicted octanol–water partition coefficient (Wildman–Crippen LogP) is 12.9. The van der Waals surface area contributed by atoms with E-state index in [0.717, 1.165) is 49.0 Å². The summed E-state index contributed by atoms with van der Waals surface area (Å²) in [6, 6.07) is 38.1. The van der Waals surface area contributed by atoms with Crippen molar-refractivity contribution in [1.29, 1.82) is 0 Å². The highest BCUT2D eigenvalue weighted by Crippen LogP contribution is 2.45. The van der Waals surface area contributed by atoms with E-state index < -0.39 is 42.3 Å². The summed E-state index contributed by atoms with van der Waals surface area (Å²) in [5.74, 6) is 0. The van der Waals surface area contributed by atoms with Crippen LogP contribution in [0.4, 0.5) is 17.1 Å². The molecule has 0 aliphatic carbocycles. The molecule has 10 rings (SSSR count). The zero-order chi connectivity index (χ0) is 39.4. The fourth-order valence-corrected chi connectivity index (χ4v) is 7.14. The van der Waals surface area contributed by atoms with Gasteiger partial charge in [-0.1, -0.05) is 133 Å². The minimum atomic E-state index is -0.556. The van der Waals surface area contributed by atoms with Gasteiger partial charge in [-0.05, 0) is 86.2 Å². The molecule has 9 aromatic carbocycles. The average Bonchev–Trinajstić information content (AvgIpc) is 3.59. The lowest BCUT2D eigenvalue weighted by Crippen LogP contribution is -2.10. The third-order valence-electron chi connectivity index (χ3n) is 9.18. The molecule has 224 valence electrons. The fourth-order valence-electron chi connectivity index (χ4n) is 7.14. The molecule has 0 atom stereocenters. The van der Waals surface area contributed by atoms with Gasteiger partial charge in [0.25, 0.3) is 0 Å². The molecular weight excluding hydrogens is 581 g/mol. The second kappa shape index (κ2) is 10.6. The second-order valence-corrected chi connectivity index (χ2v) is 11.8. The summed E-state index contributed by atoms with van der Waals surface area (Å²) in [6.07, 6.45) is 0. The summed E-state index contributed by atoms with van der Waals surface area (Å²) < 4.78 is 82.9. The van der Waals surface area contributed by atoms with Gasteiger partial charge in [-0.25, -0.2) is 0 Å². The quantitative estimate of drug-likeness (QED) is 0.178. The van der Waals surface area contributed by atoms with Gasteiger partial charge in [0.1, 0.15) is 0 Å². The van der Waals surface area contributed by atoms with Gasteiger partial charge in [-0.2, -0.15) is 0 Å². The molecule has 48 heavy (non-hydrogen) atoms. The maximum Gasteiger partial charge on any atom is 0.0651 e. The molecular formula is C46H30N2. The molecule has 0 amide bonds. The van der Waals surface area contributed by atoms with Crippen molar-refractivity contribution in [3.05, 3.63) is 182 Å². The number of para-hydroxylation sites is 2. The molecule has 0 unspecified atom stereocenters. The highest BCUT2D eigenvalue weighted by molar-refractivity contribution is 6.32. The van der Waals surface area contributed by atoms with Crippen LogP contribution >= 0.6 is 0 Å². The van der Waals surface area contributed by atoms with Crippen molar-refractivity contribution in [2.75, 3.05) is 4.90 Å². The van der Waals surface area contributed by atoms with Crippen molar-refractivity contribution in [3.8, 4) is 5.69 Å². The summed E-state index contributed by atoms with van der Waals surface area (Å²) >= 11 is 0. The first kappa shape index (κ1) is 19.3. The normalized spacial score (nSPS) is 14.4.